The Kier molecular flexibility index (Phi) is 16.1. The van der Waals surface area contributed by atoms with Gasteiger partial charge in [0.15, 0.2) is 11.5 Å². The highest BCUT2D eigenvalue weighted by atomic mass is 16.5. The summed E-state index contributed by atoms with van der Waals surface area (Å²) >= 11 is 0. The number of fused-ring (bicyclic) bond motifs is 3. The first-order valence-corrected chi connectivity index (χ1v) is 17.1. The average molecular weight is 595 g/mol. The number of esters is 1. The topological polar surface area (TPSA) is 75.0 Å². The van der Waals surface area contributed by atoms with Gasteiger partial charge in [0.25, 0.3) is 0 Å². The largest absolute Gasteiger partial charge is 0.490 e. The van der Waals surface area contributed by atoms with E-state index in [9.17, 15) is 9.59 Å². The van der Waals surface area contributed by atoms with Crippen molar-refractivity contribution in [1.29, 1.82) is 0 Å². The highest BCUT2D eigenvalue weighted by Gasteiger charge is 2.16. The van der Waals surface area contributed by atoms with E-state index in [1.807, 2.05) is 12.1 Å². The van der Waals surface area contributed by atoms with Crippen LogP contribution in [-0.2, 0) is 4.79 Å². The van der Waals surface area contributed by atoms with Gasteiger partial charge >= 0.3 is 11.6 Å². The van der Waals surface area contributed by atoms with Crippen molar-refractivity contribution >= 4 is 27.7 Å². The molecule has 0 atom stereocenters. The van der Waals surface area contributed by atoms with Gasteiger partial charge in [0, 0.05) is 23.3 Å². The van der Waals surface area contributed by atoms with Crippen LogP contribution in [0.5, 0.6) is 17.2 Å². The first-order valence-electron chi connectivity index (χ1n) is 17.1. The van der Waals surface area contributed by atoms with E-state index in [0.29, 0.717) is 47.9 Å². The number of carbonyl (C=O) groups excluding carboxylic acids is 1. The quantitative estimate of drug-likeness (QED) is 0.0357. The maximum atomic E-state index is 13.1. The molecule has 0 N–H and O–H groups in total. The van der Waals surface area contributed by atoms with Crippen molar-refractivity contribution in [3.63, 3.8) is 0 Å². The molecule has 1 heterocycles. The zero-order chi connectivity index (χ0) is 30.7. The summed E-state index contributed by atoms with van der Waals surface area (Å²) in [6.07, 6.45) is 19.9. The van der Waals surface area contributed by atoms with Crippen LogP contribution in [0.2, 0.25) is 0 Å². The van der Waals surface area contributed by atoms with Gasteiger partial charge in [0.1, 0.15) is 11.3 Å². The lowest BCUT2D eigenvalue weighted by molar-refractivity contribution is -0.134. The molecule has 3 aromatic rings. The predicted molar refractivity (Wildman–Crippen MR) is 177 cm³/mol. The molecular formula is C37H54O6. The number of hydrogen-bond donors (Lipinski definition) is 0. The van der Waals surface area contributed by atoms with E-state index in [-0.39, 0.29) is 5.97 Å². The van der Waals surface area contributed by atoms with Crippen molar-refractivity contribution in [1.82, 2.24) is 0 Å². The average Bonchev–Trinajstić information content (AvgIpc) is 3.00. The number of carbonyl (C=O) groups is 1. The summed E-state index contributed by atoms with van der Waals surface area (Å²) in [4.78, 5) is 25.5. The molecule has 0 aliphatic heterocycles. The zero-order valence-corrected chi connectivity index (χ0v) is 27.0. The fourth-order valence-electron chi connectivity index (χ4n) is 5.39. The summed E-state index contributed by atoms with van der Waals surface area (Å²) in [7, 11) is 0. The third-order valence-electron chi connectivity index (χ3n) is 7.98. The van der Waals surface area contributed by atoms with Crippen molar-refractivity contribution in [2.75, 3.05) is 13.2 Å². The maximum Gasteiger partial charge on any atom is 0.344 e. The maximum absolute atomic E-state index is 13.1. The molecule has 0 fully saturated rings. The molecule has 6 heteroatoms. The van der Waals surface area contributed by atoms with E-state index in [0.717, 1.165) is 55.7 Å². The molecule has 0 amide bonds. The number of ether oxygens (including phenoxy) is 3. The monoisotopic (exact) mass is 594 g/mol. The fraction of sp³-hybridized carbons (Fsp3) is 0.622. The minimum absolute atomic E-state index is 0.267. The molecule has 43 heavy (non-hydrogen) atoms. The predicted octanol–water partition coefficient (Wildman–Crippen LogP) is 10.7. The van der Waals surface area contributed by atoms with E-state index >= 15 is 0 Å². The second kappa shape index (κ2) is 20.0. The standard InChI is InChI=1S/C37H54O6/c1-4-7-10-13-16-19-24-40-34-27-31-30-23-22-29(42-36(38)21-18-15-12-9-6-3)26-33(30)43-37(39)32(31)28-35(34)41-25-20-17-14-11-8-5-2/h22-23,26-28H,4-21,24-25H2,1-3H3. The van der Waals surface area contributed by atoms with Gasteiger partial charge < -0.3 is 18.6 Å². The molecule has 0 bridgehead atoms. The van der Waals surface area contributed by atoms with Crippen LogP contribution in [0.1, 0.15) is 136 Å². The van der Waals surface area contributed by atoms with E-state index in [4.69, 9.17) is 18.6 Å². The third kappa shape index (κ3) is 11.9. The Morgan fingerprint density at radius 1 is 0.605 bits per heavy atom. The van der Waals surface area contributed by atoms with Gasteiger partial charge in [-0.25, -0.2) is 4.79 Å². The normalized spacial score (nSPS) is 11.3. The van der Waals surface area contributed by atoms with Crippen molar-refractivity contribution in [3.05, 3.63) is 40.8 Å². The van der Waals surface area contributed by atoms with Gasteiger partial charge in [0.2, 0.25) is 0 Å². The lowest BCUT2D eigenvalue weighted by Crippen LogP contribution is -2.08. The number of hydrogen-bond acceptors (Lipinski definition) is 6. The van der Waals surface area contributed by atoms with Gasteiger partial charge in [-0.15, -0.1) is 0 Å². The Labute approximate surface area is 258 Å². The molecule has 6 nitrogen and oxygen atoms in total. The van der Waals surface area contributed by atoms with Crippen LogP contribution in [0.3, 0.4) is 0 Å². The van der Waals surface area contributed by atoms with Gasteiger partial charge in [-0.3, -0.25) is 4.79 Å². The van der Waals surface area contributed by atoms with Crippen molar-refractivity contribution in [2.45, 2.75) is 136 Å². The van der Waals surface area contributed by atoms with E-state index in [1.165, 1.54) is 64.2 Å². The number of unbranched alkanes of at least 4 members (excludes halogenated alkanes) is 14. The van der Waals surface area contributed by atoms with E-state index in [1.54, 1.807) is 18.2 Å². The molecule has 0 saturated heterocycles. The Bertz CT molecular complexity index is 1290. The second-order valence-electron chi connectivity index (χ2n) is 11.8. The van der Waals surface area contributed by atoms with Gasteiger partial charge in [-0.1, -0.05) is 111 Å². The van der Waals surface area contributed by atoms with Crippen LogP contribution < -0.4 is 19.8 Å². The SMILES string of the molecule is CCCCCCCCOc1cc2c(=O)oc3cc(OC(=O)CCCCCCC)ccc3c2cc1OCCCCCCCC. The van der Waals surface area contributed by atoms with Crippen molar-refractivity contribution < 1.29 is 23.4 Å². The lowest BCUT2D eigenvalue weighted by Gasteiger charge is -2.15. The summed E-state index contributed by atoms with van der Waals surface area (Å²) in [5, 5.41) is 1.96. The summed E-state index contributed by atoms with van der Waals surface area (Å²) in [6, 6.07) is 8.91. The lowest BCUT2D eigenvalue weighted by atomic mass is 10.1. The Morgan fingerprint density at radius 2 is 1.12 bits per heavy atom. The smallest absolute Gasteiger partial charge is 0.344 e. The molecule has 238 valence electrons. The summed E-state index contributed by atoms with van der Waals surface area (Å²) in [6.45, 7) is 7.80. The second-order valence-corrected chi connectivity index (χ2v) is 11.8. The minimum Gasteiger partial charge on any atom is -0.490 e. The molecule has 0 aliphatic carbocycles. The van der Waals surface area contributed by atoms with Gasteiger partial charge in [-0.2, -0.15) is 0 Å². The Hall–Kier alpha value is -3.02. The van der Waals surface area contributed by atoms with Crippen LogP contribution in [0.4, 0.5) is 0 Å². The molecule has 1 aromatic heterocycles. The van der Waals surface area contributed by atoms with Crippen molar-refractivity contribution in [3.8, 4) is 17.2 Å². The van der Waals surface area contributed by atoms with Crippen molar-refractivity contribution in [2.24, 2.45) is 0 Å². The number of benzene rings is 2. The highest BCUT2D eigenvalue weighted by molar-refractivity contribution is 6.05. The molecule has 3 rings (SSSR count). The van der Waals surface area contributed by atoms with Crippen LogP contribution in [-0.4, -0.2) is 19.2 Å². The van der Waals surface area contributed by atoms with Gasteiger partial charge in [-0.05, 0) is 43.5 Å². The molecule has 0 spiro atoms. The first-order chi connectivity index (χ1) is 21.1. The summed E-state index contributed by atoms with van der Waals surface area (Å²) in [5.41, 5.74) is -0.0674. The molecule has 0 unspecified atom stereocenters. The Balaban J connectivity index is 1.76. The molecule has 0 saturated carbocycles. The Morgan fingerprint density at radius 3 is 1.70 bits per heavy atom. The minimum atomic E-state index is -0.450. The summed E-state index contributed by atoms with van der Waals surface area (Å²) < 4.78 is 23.7. The summed E-state index contributed by atoms with van der Waals surface area (Å²) in [5.74, 6) is 1.35. The molecule has 2 aromatic carbocycles. The number of rotatable bonds is 23. The third-order valence-corrected chi connectivity index (χ3v) is 7.98. The highest BCUT2D eigenvalue weighted by Crippen LogP contribution is 2.36. The van der Waals surface area contributed by atoms with E-state index in [2.05, 4.69) is 20.8 Å². The molecular weight excluding hydrogens is 540 g/mol. The van der Waals surface area contributed by atoms with Gasteiger partial charge in [0.05, 0.1) is 18.6 Å². The van der Waals surface area contributed by atoms with Crippen LogP contribution in [0.25, 0.3) is 21.7 Å². The first kappa shape index (κ1) is 34.5. The molecule has 0 radical (unpaired) electrons. The molecule has 0 aliphatic rings. The van der Waals surface area contributed by atoms with Crippen LogP contribution in [0, 0.1) is 0 Å². The van der Waals surface area contributed by atoms with Crippen LogP contribution >= 0.6 is 0 Å². The van der Waals surface area contributed by atoms with Crippen LogP contribution in [0.15, 0.2) is 39.5 Å². The fourth-order valence-corrected chi connectivity index (χ4v) is 5.39. The zero-order valence-electron chi connectivity index (χ0n) is 27.0. The van der Waals surface area contributed by atoms with E-state index < -0.39 is 5.63 Å².